The molecule has 1 aromatic carbocycles. The van der Waals surface area contributed by atoms with Gasteiger partial charge in [-0.15, -0.1) is 13.2 Å². The summed E-state index contributed by atoms with van der Waals surface area (Å²) in [5.41, 5.74) is 0.386. The van der Waals surface area contributed by atoms with E-state index in [1.807, 2.05) is 0 Å². The molecule has 14 heavy (non-hydrogen) atoms. The lowest BCUT2D eigenvalue weighted by Crippen LogP contribution is -2.17. The summed E-state index contributed by atoms with van der Waals surface area (Å²) in [5, 5.41) is 9.38. The van der Waals surface area contributed by atoms with Crippen LogP contribution in [0.1, 0.15) is 0 Å². The summed E-state index contributed by atoms with van der Waals surface area (Å²) in [6.07, 6.45) is -4.72. The van der Waals surface area contributed by atoms with Crippen molar-refractivity contribution in [2.45, 2.75) is 6.36 Å². The van der Waals surface area contributed by atoms with Crippen LogP contribution in [0.4, 0.5) is 13.2 Å². The Morgan fingerprint density at radius 1 is 1.21 bits per heavy atom. The van der Waals surface area contributed by atoms with E-state index in [4.69, 9.17) is 0 Å². The number of benzene rings is 1. The fourth-order valence-electron chi connectivity index (χ4n) is 1.05. The highest BCUT2D eigenvalue weighted by molar-refractivity contribution is 5.80. The molecule has 0 fully saturated rings. The number of hydrogen-bond donors (Lipinski definition) is 1. The highest BCUT2D eigenvalue weighted by Gasteiger charge is 2.32. The Hall–Kier alpha value is -1.79. The quantitative estimate of drug-likeness (QED) is 0.769. The first-order chi connectivity index (χ1) is 6.56. The molecule has 0 saturated heterocycles. The first kappa shape index (κ1) is 8.79. The Bertz CT molecular complexity index is 451. The zero-order valence-electron chi connectivity index (χ0n) is 6.67. The summed E-state index contributed by atoms with van der Waals surface area (Å²) in [7, 11) is 0. The van der Waals surface area contributed by atoms with Crippen molar-refractivity contribution in [3.63, 3.8) is 0 Å². The van der Waals surface area contributed by atoms with Gasteiger partial charge in [0.2, 0.25) is 0 Å². The normalized spacial score (nSPS) is 11.9. The summed E-state index contributed by atoms with van der Waals surface area (Å²) in [6.45, 7) is 0. The van der Waals surface area contributed by atoms with E-state index >= 15 is 0 Å². The molecule has 2 rings (SSSR count). The Morgan fingerprint density at radius 3 is 2.71 bits per heavy atom. The van der Waals surface area contributed by atoms with Gasteiger partial charge in [0.1, 0.15) is 5.52 Å². The highest BCUT2D eigenvalue weighted by atomic mass is 19.4. The van der Waals surface area contributed by atoms with Crippen molar-refractivity contribution in [3.8, 4) is 5.75 Å². The number of rotatable bonds is 1. The van der Waals surface area contributed by atoms with Crippen LogP contribution in [0.2, 0.25) is 0 Å². The number of para-hydroxylation sites is 1. The standard InChI is InChI=1S/C7H4F3N3O/c8-7(9,10)14-5-3-1-2-4-6(5)12-13-11-4/h1-3H,(H,11,12,13). The van der Waals surface area contributed by atoms with Gasteiger partial charge in [-0.3, -0.25) is 0 Å². The van der Waals surface area contributed by atoms with Crippen LogP contribution in [0.15, 0.2) is 18.2 Å². The largest absolute Gasteiger partial charge is 0.573 e. The van der Waals surface area contributed by atoms with E-state index in [0.29, 0.717) is 5.52 Å². The number of ether oxygens (including phenoxy) is 1. The minimum atomic E-state index is -4.72. The van der Waals surface area contributed by atoms with Gasteiger partial charge in [-0.05, 0) is 12.1 Å². The topological polar surface area (TPSA) is 50.8 Å². The molecule has 0 saturated carbocycles. The SMILES string of the molecule is FC(F)(F)Oc1cccc2n[nH]nc12. The van der Waals surface area contributed by atoms with E-state index in [1.54, 1.807) is 0 Å². The molecule has 1 N–H and O–H groups in total. The molecule has 1 aromatic heterocycles. The van der Waals surface area contributed by atoms with Gasteiger partial charge in [0, 0.05) is 0 Å². The van der Waals surface area contributed by atoms with Gasteiger partial charge in [-0.2, -0.15) is 15.4 Å². The summed E-state index contributed by atoms with van der Waals surface area (Å²) in [4.78, 5) is 0. The molecular formula is C7H4F3N3O. The average Bonchev–Trinajstić information content (AvgIpc) is 2.49. The lowest BCUT2D eigenvalue weighted by molar-refractivity contribution is -0.274. The fourth-order valence-corrected chi connectivity index (χ4v) is 1.05. The van der Waals surface area contributed by atoms with E-state index in [1.165, 1.54) is 18.2 Å². The Balaban J connectivity index is 2.46. The molecule has 74 valence electrons. The van der Waals surface area contributed by atoms with Crippen molar-refractivity contribution < 1.29 is 17.9 Å². The van der Waals surface area contributed by atoms with Crippen molar-refractivity contribution in [1.82, 2.24) is 15.4 Å². The molecule has 0 bridgehead atoms. The molecule has 0 atom stereocenters. The van der Waals surface area contributed by atoms with Gasteiger partial charge in [0.25, 0.3) is 0 Å². The van der Waals surface area contributed by atoms with Crippen LogP contribution >= 0.6 is 0 Å². The number of H-pyrrole nitrogens is 1. The number of aromatic nitrogens is 3. The van der Waals surface area contributed by atoms with E-state index in [9.17, 15) is 13.2 Å². The highest BCUT2D eigenvalue weighted by Crippen LogP contribution is 2.27. The molecule has 2 aromatic rings. The second-order valence-corrected chi connectivity index (χ2v) is 2.50. The second-order valence-electron chi connectivity index (χ2n) is 2.50. The summed E-state index contributed by atoms with van der Waals surface area (Å²) in [6, 6.07) is 4.12. The van der Waals surface area contributed by atoms with Crippen LogP contribution in [0.5, 0.6) is 5.75 Å². The molecule has 0 unspecified atom stereocenters. The number of nitrogens with one attached hydrogen (secondary N) is 1. The molecule has 0 aliphatic heterocycles. The maximum absolute atomic E-state index is 11.9. The zero-order valence-corrected chi connectivity index (χ0v) is 6.67. The molecule has 0 aliphatic carbocycles. The number of hydrogen-bond acceptors (Lipinski definition) is 3. The second kappa shape index (κ2) is 2.86. The smallest absolute Gasteiger partial charge is 0.403 e. The van der Waals surface area contributed by atoms with Crippen LogP contribution in [-0.4, -0.2) is 21.8 Å². The molecule has 0 spiro atoms. The minimum absolute atomic E-state index is 0.0600. The van der Waals surface area contributed by atoms with Crippen molar-refractivity contribution in [2.24, 2.45) is 0 Å². The number of aromatic amines is 1. The van der Waals surface area contributed by atoms with Crippen molar-refractivity contribution in [3.05, 3.63) is 18.2 Å². The summed E-state index contributed by atoms with van der Waals surface area (Å²) in [5.74, 6) is -0.358. The van der Waals surface area contributed by atoms with Gasteiger partial charge in [-0.25, -0.2) is 0 Å². The molecule has 0 radical (unpaired) electrons. The van der Waals surface area contributed by atoms with Crippen LogP contribution in [-0.2, 0) is 0 Å². The van der Waals surface area contributed by atoms with Crippen LogP contribution < -0.4 is 4.74 Å². The van der Waals surface area contributed by atoms with Gasteiger partial charge in [0.15, 0.2) is 11.3 Å². The van der Waals surface area contributed by atoms with Gasteiger partial charge >= 0.3 is 6.36 Å². The van der Waals surface area contributed by atoms with Crippen LogP contribution in [0.25, 0.3) is 11.0 Å². The lowest BCUT2D eigenvalue weighted by Gasteiger charge is -2.07. The Morgan fingerprint density at radius 2 is 2.00 bits per heavy atom. The maximum atomic E-state index is 11.9. The van der Waals surface area contributed by atoms with Gasteiger partial charge in [0.05, 0.1) is 0 Å². The van der Waals surface area contributed by atoms with E-state index in [-0.39, 0.29) is 11.3 Å². The third-order valence-electron chi connectivity index (χ3n) is 1.54. The maximum Gasteiger partial charge on any atom is 0.573 e. The first-order valence-electron chi connectivity index (χ1n) is 3.61. The molecule has 0 amide bonds. The third kappa shape index (κ3) is 1.61. The Kier molecular flexibility index (Phi) is 1.80. The van der Waals surface area contributed by atoms with Gasteiger partial charge in [-0.1, -0.05) is 6.07 Å². The lowest BCUT2D eigenvalue weighted by atomic mass is 10.3. The van der Waals surface area contributed by atoms with Crippen molar-refractivity contribution in [1.29, 1.82) is 0 Å². The number of fused-ring (bicyclic) bond motifs is 1. The van der Waals surface area contributed by atoms with E-state index in [2.05, 4.69) is 20.1 Å². The summed E-state index contributed by atoms with van der Waals surface area (Å²) < 4.78 is 39.4. The third-order valence-corrected chi connectivity index (χ3v) is 1.54. The molecular weight excluding hydrogens is 199 g/mol. The van der Waals surface area contributed by atoms with E-state index < -0.39 is 6.36 Å². The minimum Gasteiger partial charge on any atom is -0.403 e. The Labute approximate surface area is 75.7 Å². The van der Waals surface area contributed by atoms with Crippen molar-refractivity contribution >= 4 is 11.0 Å². The predicted molar refractivity (Wildman–Crippen MR) is 40.6 cm³/mol. The number of alkyl halides is 3. The van der Waals surface area contributed by atoms with Gasteiger partial charge < -0.3 is 4.74 Å². The molecule has 7 heteroatoms. The molecule has 1 heterocycles. The average molecular weight is 203 g/mol. The summed E-state index contributed by atoms with van der Waals surface area (Å²) >= 11 is 0. The monoisotopic (exact) mass is 203 g/mol. The number of halogens is 3. The van der Waals surface area contributed by atoms with Crippen LogP contribution in [0, 0.1) is 0 Å². The van der Waals surface area contributed by atoms with Crippen molar-refractivity contribution in [2.75, 3.05) is 0 Å². The van der Waals surface area contributed by atoms with Crippen LogP contribution in [0.3, 0.4) is 0 Å². The molecule has 4 nitrogen and oxygen atoms in total. The molecule has 0 aliphatic rings. The first-order valence-corrected chi connectivity index (χ1v) is 3.61. The number of nitrogens with zero attached hydrogens (tertiary/aromatic N) is 2. The predicted octanol–water partition coefficient (Wildman–Crippen LogP) is 1.86. The zero-order chi connectivity index (χ0) is 10.2. The van der Waals surface area contributed by atoms with E-state index in [0.717, 1.165) is 0 Å². The fraction of sp³-hybridized carbons (Fsp3) is 0.143.